The minimum Gasteiger partial charge on any atom is -0.490 e. The van der Waals surface area contributed by atoms with Gasteiger partial charge < -0.3 is 18.9 Å². The molecule has 0 unspecified atom stereocenters. The van der Waals surface area contributed by atoms with Gasteiger partial charge in [-0.05, 0) is 35.2 Å². The zero-order valence-corrected chi connectivity index (χ0v) is 15.9. The summed E-state index contributed by atoms with van der Waals surface area (Å²) in [4.78, 5) is 0. The van der Waals surface area contributed by atoms with Gasteiger partial charge in [0.25, 0.3) is 0 Å². The second-order valence-corrected chi connectivity index (χ2v) is 7.46. The molecule has 1 heterocycles. The van der Waals surface area contributed by atoms with Gasteiger partial charge in [-0.3, -0.25) is 0 Å². The van der Waals surface area contributed by atoms with Crippen molar-refractivity contribution in [2.24, 2.45) is 0 Å². The predicted octanol–water partition coefficient (Wildman–Crippen LogP) is 4.99. The highest BCUT2D eigenvalue weighted by molar-refractivity contribution is 5.45. The molecule has 0 radical (unpaired) electrons. The number of ether oxygens (including phenoxy) is 4. The maximum atomic E-state index is 6.02. The van der Waals surface area contributed by atoms with E-state index in [9.17, 15) is 0 Å². The van der Waals surface area contributed by atoms with Crippen LogP contribution in [-0.4, -0.2) is 26.4 Å². The first kappa shape index (κ1) is 18.4. The van der Waals surface area contributed by atoms with Gasteiger partial charge in [0.2, 0.25) is 0 Å². The van der Waals surface area contributed by atoms with Crippen molar-refractivity contribution in [2.75, 3.05) is 26.4 Å². The maximum absolute atomic E-state index is 6.02. The van der Waals surface area contributed by atoms with E-state index in [0.717, 1.165) is 35.8 Å². The second kappa shape index (κ2) is 8.35. The van der Waals surface area contributed by atoms with E-state index in [2.05, 4.69) is 32.9 Å². The molecule has 140 valence electrons. The van der Waals surface area contributed by atoms with E-state index < -0.39 is 0 Å². The number of rotatable bonds is 0. The summed E-state index contributed by atoms with van der Waals surface area (Å²) < 4.78 is 23.7. The van der Waals surface area contributed by atoms with Gasteiger partial charge in [0.05, 0.1) is 26.4 Å². The van der Waals surface area contributed by atoms with E-state index in [0.29, 0.717) is 26.4 Å². The third kappa shape index (κ3) is 4.84. The highest BCUT2D eigenvalue weighted by atomic mass is 16.5. The molecule has 4 heteroatoms. The number of fused-ring (bicyclic) bond motifs is 2. The zero-order chi connectivity index (χ0) is 18.4. The van der Waals surface area contributed by atoms with E-state index in [1.807, 2.05) is 30.3 Å². The summed E-state index contributed by atoms with van der Waals surface area (Å²) >= 11 is 0. The van der Waals surface area contributed by atoms with E-state index >= 15 is 0 Å². The largest absolute Gasteiger partial charge is 0.490 e. The summed E-state index contributed by atoms with van der Waals surface area (Å²) in [5.41, 5.74) is 1.30. The SMILES string of the molecule is CC(C)(C)c1ccc2c(c1)OCCCOc1ccccc1OCCCO2. The second-order valence-electron chi connectivity index (χ2n) is 7.46. The van der Waals surface area contributed by atoms with Crippen LogP contribution in [0.1, 0.15) is 39.2 Å². The van der Waals surface area contributed by atoms with Gasteiger partial charge in [0.1, 0.15) is 0 Å². The average molecular weight is 356 g/mol. The van der Waals surface area contributed by atoms with Gasteiger partial charge in [-0.2, -0.15) is 0 Å². The first-order chi connectivity index (χ1) is 12.5. The summed E-state index contributed by atoms with van der Waals surface area (Å²) in [5, 5.41) is 0. The number of hydrogen-bond donors (Lipinski definition) is 0. The molecule has 0 amide bonds. The van der Waals surface area contributed by atoms with Crippen LogP contribution >= 0.6 is 0 Å². The highest BCUT2D eigenvalue weighted by Crippen LogP contribution is 2.34. The fourth-order valence-electron chi connectivity index (χ4n) is 2.74. The molecule has 0 saturated carbocycles. The molecule has 0 aliphatic carbocycles. The van der Waals surface area contributed by atoms with Crippen LogP contribution in [0.5, 0.6) is 23.0 Å². The van der Waals surface area contributed by atoms with Crippen LogP contribution in [0.2, 0.25) is 0 Å². The zero-order valence-electron chi connectivity index (χ0n) is 15.9. The average Bonchev–Trinajstić information content (AvgIpc) is 2.61. The molecular formula is C22H28O4. The smallest absolute Gasteiger partial charge is 0.161 e. The van der Waals surface area contributed by atoms with E-state index in [4.69, 9.17) is 18.9 Å². The molecule has 2 aromatic rings. The van der Waals surface area contributed by atoms with Crippen LogP contribution in [0.25, 0.3) is 0 Å². The number of benzene rings is 2. The molecule has 1 aliphatic heterocycles. The number of para-hydroxylation sites is 2. The van der Waals surface area contributed by atoms with Crippen molar-refractivity contribution < 1.29 is 18.9 Å². The Morgan fingerprint density at radius 2 is 1.08 bits per heavy atom. The first-order valence-electron chi connectivity index (χ1n) is 9.29. The van der Waals surface area contributed by atoms with Crippen LogP contribution in [0.15, 0.2) is 42.5 Å². The van der Waals surface area contributed by atoms with Crippen molar-refractivity contribution in [1.29, 1.82) is 0 Å². The summed E-state index contributed by atoms with van der Waals surface area (Å²) in [6, 6.07) is 14.0. The van der Waals surface area contributed by atoms with Crippen LogP contribution < -0.4 is 18.9 Å². The third-order valence-corrected chi connectivity index (χ3v) is 4.27. The normalized spacial score (nSPS) is 15.8. The fourth-order valence-corrected chi connectivity index (χ4v) is 2.74. The van der Waals surface area contributed by atoms with Crippen molar-refractivity contribution in [1.82, 2.24) is 0 Å². The standard InChI is InChI=1S/C22H28O4/c1-22(2,3)17-10-11-20-21(16-17)26-15-7-13-24-19-9-5-4-8-18(19)23-12-6-14-25-20/h4-5,8-11,16H,6-7,12-15H2,1-3H3. The Balaban J connectivity index is 1.73. The van der Waals surface area contributed by atoms with Crippen molar-refractivity contribution in [3.63, 3.8) is 0 Å². The molecule has 0 saturated heterocycles. The molecule has 0 atom stereocenters. The monoisotopic (exact) mass is 356 g/mol. The van der Waals surface area contributed by atoms with Crippen LogP contribution in [-0.2, 0) is 5.41 Å². The van der Waals surface area contributed by atoms with Gasteiger partial charge >= 0.3 is 0 Å². The minimum atomic E-state index is 0.0676. The van der Waals surface area contributed by atoms with E-state index in [1.165, 1.54) is 5.56 Å². The topological polar surface area (TPSA) is 36.9 Å². The molecule has 0 fully saturated rings. The molecule has 3 rings (SSSR count). The number of hydrogen-bond acceptors (Lipinski definition) is 4. The maximum Gasteiger partial charge on any atom is 0.161 e. The lowest BCUT2D eigenvalue weighted by molar-refractivity contribution is 0.203. The molecular weight excluding hydrogens is 328 g/mol. The first-order valence-corrected chi connectivity index (χ1v) is 9.29. The van der Waals surface area contributed by atoms with Crippen LogP contribution in [0.3, 0.4) is 0 Å². The lowest BCUT2D eigenvalue weighted by Crippen LogP contribution is -2.13. The highest BCUT2D eigenvalue weighted by Gasteiger charge is 2.17. The van der Waals surface area contributed by atoms with Crippen LogP contribution in [0, 0.1) is 0 Å². The molecule has 0 spiro atoms. The molecule has 0 aromatic heterocycles. The van der Waals surface area contributed by atoms with Crippen molar-refractivity contribution in [3.05, 3.63) is 48.0 Å². The molecule has 0 N–H and O–H groups in total. The van der Waals surface area contributed by atoms with Gasteiger partial charge in [-0.25, -0.2) is 0 Å². The summed E-state index contributed by atoms with van der Waals surface area (Å²) in [6.45, 7) is 8.90. The molecule has 4 nitrogen and oxygen atoms in total. The Morgan fingerprint density at radius 3 is 1.58 bits per heavy atom. The van der Waals surface area contributed by atoms with Crippen molar-refractivity contribution in [2.45, 2.75) is 39.0 Å². The van der Waals surface area contributed by atoms with Crippen molar-refractivity contribution >= 4 is 0 Å². The molecule has 1 aliphatic rings. The molecule has 26 heavy (non-hydrogen) atoms. The Labute approximate surface area is 156 Å². The van der Waals surface area contributed by atoms with Gasteiger partial charge in [-0.1, -0.05) is 39.0 Å². The van der Waals surface area contributed by atoms with E-state index in [1.54, 1.807) is 0 Å². The quantitative estimate of drug-likeness (QED) is 0.666. The summed E-state index contributed by atoms with van der Waals surface area (Å²) in [6.07, 6.45) is 1.57. The minimum absolute atomic E-state index is 0.0676. The molecule has 2 aromatic carbocycles. The fraction of sp³-hybridized carbons (Fsp3) is 0.455. The predicted molar refractivity (Wildman–Crippen MR) is 103 cm³/mol. The lowest BCUT2D eigenvalue weighted by atomic mass is 9.87. The van der Waals surface area contributed by atoms with Gasteiger partial charge in [0, 0.05) is 12.8 Å². The Morgan fingerprint density at radius 1 is 0.615 bits per heavy atom. The Bertz CT molecular complexity index is 718. The summed E-state index contributed by atoms with van der Waals surface area (Å²) in [7, 11) is 0. The van der Waals surface area contributed by atoms with Gasteiger partial charge in [0.15, 0.2) is 23.0 Å². The Kier molecular flexibility index (Phi) is 5.92. The lowest BCUT2D eigenvalue weighted by Gasteiger charge is -2.22. The Hall–Kier alpha value is -2.36. The molecule has 0 bridgehead atoms. The van der Waals surface area contributed by atoms with Crippen molar-refractivity contribution in [3.8, 4) is 23.0 Å². The summed E-state index contributed by atoms with van der Waals surface area (Å²) in [5.74, 6) is 3.15. The van der Waals surface area contributed by atoms with Crippen LogP contribution in [0.4, 0.5) is 0 Å². The van der Waals surface area contributed by atoms with Gasteiger partial charge in [-0.15, -0.1) is 0 Å². The third-order valence-electron chi connectivity index (χ3n) is 4.27. The van der Waals surface area contributed by atoms with E-state index in [-0.39, 0.29) is 5.41 Å².